The minimum Gasteiger partial charge on any atom is -0.383 e. The SMILES string of the molecule is CCNC(=NCC(C)(O)c1cnn(C)c1)NCC1CN2CCCC2CO1. The van der Waals surface area contributed by atoms with Crippen molar-refractivity contribution in [1.29, 1.82) is 0 Å². The van der Waals surface area contributed by atoms with Crippen LogP contribution < -0.4 is 10.6 Å². The Morgan fingerprint density at radius 2 is 2.35 bits per heavy atom. The van der Waals surface area contributed by atoms with Crippen LogP contribution in [0.5, 0.6) is 0 Å². The summed E-state index contributed by atoms with van der Waals surface area (Å²) in [7, 11) is 1.84. The number of aliphatic hydroxyl groups is 1. The fourth-order valence-electron chi connectivity index (χ4n) is 3.59. The molecule has 2 aliphatic rings. The second-order valence-corrected chi connectivity index (χ2v) is 7.50. The Labute approximate surface area is 155 Å². The fraction of sp³-hybridized carbons (Fsp3) is 0.778. The first kappa shape index (κ1) is 19.1. The lowest BCUT2D eigenvalue weighted by Crippen LogP contribution is -2.51. The zero-order valence-corrected chi connectivity index (χ0v) is 16.1. The van der Waals surface area contributed by atoms with E-state index in [-0.39, 0.29) is 12.6 Å². The van der Waals surface area contributed by atoms with Crippen LogP contribution in [0.4, 0.5) is 0 Å². The lowest BCUT2D eigenvalue weighted by molar-refractivity contribution is -0.0453. The summed E-state index contributed by atoms with van der Waals surface area (Å²) in [6, 6.07) is 0.614. The molecule has 2 saturated heterocycles. The van der Waals surface area contributed by atoms with Crippen LogP contribution in [0.2, 0.25) is 0 Å². The summed E-state index contributed by atoms with van der Waals surface area (Å²) in [6.07, 6.45) is 6.21. The van der Waals surface area contributed by atoms with Gasteiger partial charge >= 0.3 is 0 Å². The summed E-state index contributed by atoms with van der Waals surface area (Å²) in [4.78, 5) is 7.09. The van der Waals surface area contributed by atoms with Crippen LogP contribution >= 0.6 is 0 Å². The molecule has 0 radical (unpaired) electrons. The van der Waals surface area contributed by atoms with E-state index in [0.29, 0.717) is 18.5 Å². The predicted octanol–water partition coefficient (Wildman–Crippen LogP) is 0.0459. The van der Waals surface area contributed by atoms with Gasteiger partial charge in [0, 0.05) is 44.5 Å². The number of guanidine groups is 1. The third kappa shape index (κ3) is 4.75. The van der Waals surface area contributed by atoms with Gasteiger partial charge in [-0.15, -0.1) is 0 Å². The number of aryl methyl sites for hydroxylation is 1. The molecule has 0 aliphatic carbocycles. The topological polar surface area (TPSA) is 86.9 Å². The highest BCUT2D eigenvalue weighted by molar-refractivity contribution is 5.79. The maximum absolute atomic E-state index is 10.7. The van der Waals surface area contributed by atoms with Gasteiger partial charge in [-0.1, -0.05) is 0 Å². The van der Waals surface area contributed by atoms with Gasteiger partial charge in [-0.3, -0.25) is 9.58 Å². The van der Waals surface area contributed by atoms with E-state index in [0.717, 1.165) is 25.3 Å². The largest absolute Gasteiger partial charge is 0.383 e. The zero-order valence-electron chi connectivity index (χ0n) is 16.1. The van der Waals surface area contributed by atoms with E-state index in [4.69, 9.17) is 4.74 Å². The van der Waals surface area contributed by atoms with Crippen molar-refractivity contribution in [3.05, 3.63) is 18.0 Å². The standard InChI is InChI=1S/C18H32N6O2/c1-4-19-17(21-13-18(2,25)14-8-22-23(3)10-14)20-9-16-11-24-7-5-6-15(24)12-26-16/h8,10,15-16,25H,4-7,9,11-13H2,1-3H3,(H2,19,20,21). The van der Waals surface area contributed by atoms with Crippen molar-refractivity contribution in [2.24, 2.45) is 12.0 Å². The molecule has 3 atom stereocenters. The van der Waals surface area contributed by atoms with Gasteiger partial charge in [0.25, 0.3) is 0 Å². The van der Waals surface area contributed by atoms with Gasteiger partial charge in [0.05, 0.1) is 25.5 Å². The second-order valence-electron chi connectivity index (χ2n) is 7.50. The molecule has 1 aromatic rings. The van der Waals surface area contributed by atoms with Crippen molar-refractivity contribution in [2.45, 2.75) is 44.4 Å². The highest BCUT2D eigenvalue weighted by Crippen LogP contribution is 2.22. The Kier molecular flexibility index (Phi) is 6.16. The van der Waals surface area contributed by atoms with E-state index in [1.54, 1.807) is 17.8 Å². The maximum Gasteiger partial charge on any atom is 0.191 e. The van der Waals surface area contributed by atoms with E-state index >= 15 is 0 Å². The molecule has 2 fully saturated rings. The molecule has 146 valence electrons. The number of fused-ring (bicyclic) bond motifs is 1. The Morgan fingerprint density at radius 3 is 3.08 bits per heavy atom. The van der Waals surface area contributed by atoms with E-state index in [1.165, 1.54) is 19.4 Å². The van der Waals surface area contributed by atoms with Gasteiger partial charge in [0.1, 0.15) is 5.60 Å². The van der Waals surface area contributed by atoms with E-state index < -0.39 is 5.60 Å². The Balaban J connectivity index is 1.53. The highest BCUT2D eigenvalue weighted by atomic mass is 16.5. The number of aliphatic imine (C=N–C) groups is 1. The predicted molar refractivity (Wildman–Crippen MR) is 101 cm³/mol. The Hall–Kier alpha value is -1.64. The molecule has 0 spiro atoms. The van der Waals surface area contributed by atoms with Crippen molar-refractivity contribution in [3.8, 4) is 0 Å². The van der Waals surface area contributed by atoms with Gasteiger partial charge in [-0.05, 0) is 33.2 Å². The van der Waals surface area contributed by atoms with Crippen molar-refractivity contribution >= 4 is 5.96 Å². The zero-order chi connectivity index (χ0) is 18.6. The van der Waals surface area contributed by atoms with Crippen LogP contribution in [0, 0.1) is 0 Å². The average molecular weight is 364 g/mol. The molecule has 2 aliphatic heterocycles. The number of hydrogen-bond acceptors (Lipinski definition) is 5. The quantitative estimate of drug-likeness (QED) is 0.488. The molecule has 8 nitrogen and oxygen atoms in total. The van der Waals surface area contributed by atoms with Crippen molar-refractivity contribution in [2.75, 3.05) is 39.3 Å². The van der Waals surface area contributed by atoms with E-state index in [9.17, 15) is 5.11 Å². The van der Waals surface area contributed by atoms with Gasteiger partial charge in [-0.2, -0.15) is 5.10 Å². The van der Waals surface area contributed by atoms with Crippen molar-refractivity contribution in [1.82, 2.24) is 25.3 Å². The number of morpholine rings is 1. The van der Waals surface area contributed by atoms with Crippen LogP contribution in [0.25, 0.3) is 0 Å². The van der Waals surface area contributed by atoms with Crippen molar-refractivity contribution in [3.63, 3.8) is 0 Å². The number of nitrogens with one attached hydrogen (secondary N) is 2. The second kappa shape index (κ2) is 8.37. The summed E-state index contributed by atoms with van der Waals surface area (Å²) < 4.78 is 7.67. The molecule has 26 heavy (non-hydrogen) atoms. The Morgan fingerprint density at radius 1 is 1.50 bits per heavy atom. The van der Waals surface area contributed by atoms with E-state index in [2.05, 4.69) is 25.6 Å². The molecule has 3 unspecified atom stereocenters. The number of ether oxygens (including phenoxy) is 1. The van der Waals surface area contributed by atoms with Crippen LogP contribution in [-0.2, 0) is 17.4 Å². The lowest BCUT2D eigenvalue weighted by atomic mass is 10.0. The van der Waals surface area contributed by atoms with Gasteiger partial charge < -0.3 is 20.5 Å². The first-order valence-corrected chi connectivity index (χ1v) is 9.57. The summed E-state index contributed by atoms with van der Waals surface area (Å²) >= 11 is 0. The number of hydrogen-bond donors (Lipinski definition) is 3. The fourth-order valence-corrected chi connectivity index (χ4v) is 3.59. The molecule has 1 aromatic heterocycles. The lowest BCUT2D eigenvalue weighted by Gasteiger charge is -2.35. The van der Waals surface area contributed by atoms with Gasteiger partial charge in [-0.25, -0.2) is 4.99 Å². The Bertz CT molecular complexity index is 615. The van der Waals surface area contributed by atoms with E-state index in [1.807, 2.05) is 20.2 Å². The molecule has 0 bridgehead atoms. The summed E-state index contributed by atoms with van der Waals surface area (Å²) in [5.41, 5.74) is -0.295. The first-order valence-electron chi connectivity index (χ1n) is 9.57. The van der Waals surface area contributed by atoms with Gasteiger partial charge in [0.2, 0.25) is 0 Å². The normalized spacial score (nSPS) is 26.4. The summed E-state index contributed by atoms with van der Waals surface area (Å²) in [6.45, 7) is 8.52. The molecule has 0 amide bonds. The van der Waals surface area contributed by atoms with Crippen LogP contribution in [0.15, 0.2) is 17.4 Å². The molecule has 8 heteroatoms. The minimum atomic E-state index is -1.05. The molecular weight excluding hydrogens is 332 g/mol. The third-order valence-corrected chi connectivity index (χ3v) is 5.17. The van der Waals surface area contributed by atoms with Crippen molar-refractivity contribution < 1.29 is 9.84 Å². The minimum absolute atomic E-state index is 0.173. The molecule has 3 N–H and O–H groups in total. The third-order valence-electron chi connectivity index (χ3n) is 5.17. The van der Waals surface area contributed by atoms with Crippen LogP contribution in [-0.4, -0.2) is 77.2 Å². The first-order chi connectivity index (χ1) is 12.5. The van der Waals surface area contributed by atoms with Gasteiger partial charge in [0.15, 0.2) is 5.96 Å². The summed E-state index contributed by atoms with van der Waals surface area (Å²) in [5, 5.41) is 21.4. The van der Waals surface area contributed by atoms with Crippen LogP contribution in [0.3, 0.4) is 0 Å². The molecule has 0 aromatic carbocycles. The summed E-state index contributed by atoms with van der Waals surface area (Å²) in [5.74, 6) is 0.698. The monoisotopic (exact) mass is 364 g/mol. The molecule has 0 saturated carbocycles. The smallest absolute Gasteiger partial charge is 0.191 e. The maximum atomic E-state index is 10.7. The molecular formula is C18H32N6O2. The molecule has 3 rings (SSSR count). The number of rotatable bonds is 6. The number of nitrogens with zero attached hydrogens (tertiary/aromatic N) is 4. The molecule has 3 heterocycles. The number of aromatic nitrogens is 2. The van der Waals surface area contributed by atoms with Crippen LogP contribution in [0.1, 0.15) is 32.3 Å². The average Bonchev–Trinajstić information content (AvgIpc) is 3.26. The highest BCUT2D eigenvalue weighted by Gasteiger charge is 2.32.